The van der Waals surface area contributed by atoms with Crippen molar-refractivity contribution in [3.63, 3.8) is 0 Å². The Morgan fingerprint density at radius 3 is 2.55 bits per heavy atom. The quantitative estimate of drug-likeness (QED) is 0.787. The van der Waals surface area contributed by atoms with Crippen molar-refractivity contribution in [1.82, 2.24) is 10.0 Å². The van der Waals surface area contributed by atoms with E-state index in [0.717, 1.165) is 11.1 Å². The first kappa shape index (κ1) is 20.7. The summed E-state index contributed by atoms with van der Waals surface area (Å²) in [6.45, 7) is 5.45. The van der Waals surface area contributed by atoms with Crippen molar-refractivity contribution in [2.24, 2.45) is 4.99 Å². The lowest BCUT2D eigenvalue weighted by molar-refractivity contribution is -0.119. The van der Waals surface area contributed by atoms with Crippen LogP contribution in [0.3, 0.4) is 0 Å². The normalized spacial score (nSPS) is 16.8. The number of nitrogens with one attached hydrogen (secondary N) is 2. The summed E-state index contributed by atoms with van der Waals surface area (Å²) in [5, 5.41) is 2.64. The van der Waals surface area contributed by atoms with Gasteiger partial charge in [0.15, 0.2) is 0 Å². The first-order valence-electron chi connectivity index (χ1n) is 9.04. The molecule has 0 saturated heterocycles. The molecule has 6 nitrogen and oxygen atoms in total. The predicted octanol–water partition coefficient (Wildman–Crippen LogP) is 2.82. The van der Waals surface area contributed by atoms with E-state index in [1.54, 1.807) is 25.1 Å². The lowest BCUT2D eigenvalue weighted by atomic mass is 10.0. The highest BCUT2D eigenvalue weighted by molar-refractivity contribution is 8.00. The monoisotopic (exact) mass is 415 g/mol. The Bertz CT molecular complexity index is 1140. The minimum absolute atomic E-state index is 0.152. The van der Waals surface area contributed by atoms with Gasteiger partial charge in [-0.25, -0.2) is 12.8 Å². The molecule has 2 aromatic carbocycles. The van der Waals surface area contributed by atoms with Gasteiger partial charge in [-0.3, -0.25) is 14.5 Å². The Morgan fingerprint density at radius 1 is 1.10 bits per heavy atom. The zero-order chi connectivity index (χ0) is 21.2. The first-order valence-corrected chi connectivity index (χ1v) is 10.5. The van der Waals surface area contributed by atoms with Gasteiger partial charge in [-0.1, -0.05) is 30.3 Å². The second-order valence-corrected chi connectivity index (χ2v) is 8.55. The van der Waals surface area contributed by atoms with E-state index in [1.807, 2.05) is 26.0 Å². The van der Waals surface area contributed by atoms with Gasteiger partial charge >= 0.3 is 0 Å². The summed E-state index contributed by atoms with van der Waals surface area (Å²) in [4.78, 5) is 16.3. The van der Waals surface area contributed by atoms with E-state index in [2.05, 4.69) is 15.0 Å². The topological polar surface area (TPSA) is 87.6 Å². The van der Waals surface area contributed by atoms with Gasteiger partial charge in [0.05, 0.1) is 0 Å². The van der Waals surface area contributed by atoms with Crippen LogP contribution < -0.4 is 10.0 Å². The molecule has 0 unspecified atom stereocenters. The van der Waals surface area contributed by atoms with Crippen molar-refractivity contribution in [2.75, 3.05) is 6.54 Å². The number of carbonyl (C=O) groups excluding carboxylic acids is 1. The summed E-state index contributed by atoms with van der Waals surface area (Å²) >= 11 is 0. The fourth-order valence-electron chi connectivity index (χ4n) is 3.02. The molecule has 2 aromatic rings. The Kier molecular flexibility index (Phi) is 5.83. The number of amides is 1. The number of rotatable bonds is 5. The third kappa shape index (κ3) is 4.71. The summed E-state index contributed by atoms with van der Waals surface area (Å²) in [7, 11) is -3.75. The lowest BCUT2D eigenvalue weighted by Crippen LogP contribution is -2.28. The molecule has 0 bridgehead atoms. The van der Waals surface area contributed by atoms with Crippen molar-refractivity contribution >= 4 is 26.7 Å². The third-order valence-electron chi connectivity index (χ3n) is 4.72. The summed E-state index contributed by atoms with van der Waals surface area (Å²) in [5.41, 5.74) is 3.73. The number of hydrogen-bond donors (Lipinski definition) is 2. The molecule has 1 heterocycles. The minimum atomic E-state index is -3.75. The van der Waals surface area contributed by atoms with Crippen LogP contribution in [0.4, 0.5) is 4.39 Å². The molecule has 152 valence electrons. The molecule has 3 rings (SSSR count). The van der Waals surface area contributed by atoms with E-state index < -0.39 is 15.9 Å². The van der Waals surface area contributed by atoms with E-state index in [1.165, 1.54) is 12.1 Å². The smallest absolute Gasteiger partial charge is 0.264 e. The van der Waals surface area contributed by atoms with Gasteiger partial charge in [-0.15, -0.1) is 0 Å². The van der Waals surface area contributed by atoms with Crippen LogP contribution >= 0.6 is 0 Å². The highest BCUT2D eigenvalue weighted by atomic mass is 32.2. The maximum Gasteiger partial charge on any atom is 0.264 e. The molecule has 1 aliphatic rings. The van der Waals surface area contributed by atoms with Crippen molar-refractivity contribution in [3.05, 3.63) is 76.1 Å². The van der Waals surface area contributed by atoms with Crippen LogP contribution in [-0.2, 0) is 21.4 Å². The molecular weight excluding hydrogens is 393 g/mol. The summed E-state index contributed by atoms with van der Waals surface area (Å²) in [6.07, 6.45) is 0. The number of benzene rings is 2. The van der Waals surface area contributed by atoms with E-state index in [4.69, 9.17) is 0 Å². The van der Waals surface area contributed by atoms with Gasteiger partial charge in [0.1, 0.15) is 23.1 Å². The molecule has 1 aliphatic heterocycles. The molecule has 0 aliphatic carbocycles. The van der Waals surface area contributed by atoms with E-state index in [0.29, 0.717) is 16.7 Å². The number of nitrogens with zero attached hydrogens (tertiary/aromatic N) is 1. The van der Waals surface area contributed by atoms with Gasteiger partial charge in [-0.2, -0.15) is 0 Å². The molecule has 2 N–H and O–H groups in total. The second kappa shape index (κ2) is 8.16. The Labute approximate surface area is 169 Å². The van der Waals surface area contributed by atoms with Gasteiger partial charge < -0.3 is 5.32 Å². The van der Waals surface area contributed by atoms with Crippen molar-refractivity contribution in [1.29, 1.82) is 0 Å². The van der Waals surface area contributed by atoms with Gasteiger partial charge in [0, 0.05) is 12.1 Å². The standard InChI is InChI=1S/C21H22FN3O3S/c1-13-7-8-17(9-14(13)2)20-15(3)21(25-29(20,27)28)24-12-19(26)23-11-16-5-4-6-18(22)10-16/h4-10H,11-12H2,1-3H3,(H,23,26)(H,24,25). The molecular formula is C21H22FN3O3S. The summed E-state index contributed by atoms with van der Waals surface area (Å²) in [6, 6.07) is 11.4. The largest absolute Gasteiger partial charge is 0.350 e. The van der Waals surface area contributed by atoms with E-state index in [-0.39, 0.29) is 29.6 Å². The number of halogens is 1. The highest BCUT2D eigenvalue weighted by Crippen LogP contribution is 2.30. The fraction of sp³-hybridized carbons (Fsp3) is 0.238. The third-order valence-corrected chi connectivity index (χ3v) is 6.27. The molecule has 0 spiro atoms. The zero-order valence-corrected chi connectivity index (χ0v) is 17.2. The van der Waals surface area contributed by atoms with Crippen LogP contribution in [0.2, 0.25) is 0 Å². The van der Waals surface area contributed by atoms with Crippen molar-refractivity contribution in [3.8, 4) is 0 Å². The van der Waals surface area contributed by atoms with Crippen LogP contribution in [0.25, 0.3) is 4.91 Å². The molecule has 29 heavy (non-hydrogen) atoms. The van der Waals surface area contributed by atoms with Crippen LogP contribution in [0.1, 0.15) is 29.2 Å². The number of sulfonamides is 1. The molecule has 0 radical (unpaired) electrons. The van der Waals surface area contributed by atoms with Crippen LogP contribution in [0.5, 0.6) is 0 Å². The van der Waals surface area contributed by atoms with Crippen molar-refractivity contribution < 1.29 is 17.6 Å². The lowest BCUT2D eigenvalue weighted by Gasteiger charge is -2.06. The molecule has 0 fully saturated rings. The Hall–Kier alpha value is -3.00. The van der Waals surface area contributed by atoms with Gasteiger partial charge in [-0.05, 0) is 55.2 Å². The molecule has 0 atom stereocenters. The van der Waals surface area contributed by atoms with Gasteiger partial charge in [0.25, 0.3) is 10.0 Å². The maximum absolute atomic E-state index is 13.2. The fourth-order valence-corrected chi connectivity index (χ4v) is 4.53. The van der Waals surface area contributed by atoms with Crippen molar-refractivity contribution in [2.45, 2.75) is 27.3 Å². The highest BCUT2D eigenvalue weighted by Gasteiger charge is 2.32. The summed E-state index contributed by atoms with van der Waals surface area (Å²) < 4.78 is 40.8. The molecule has 1 amide bonds. The minimum Gasteiger partial charge on any atom is -0.350 e. The van der Waals surface area contributed by atoms with Crippen LogP contribution in [0, 0.1) is 19.7 Å². The number of hydrogen-bond acceptors (Lipinski definition) is 4. The molecule has 8 heteroatoms. The average Bonchev–Trinajstić information content (AvgIpc) is 2.89. The number of amidine groups is 1. The number of carbonyl (C=O) groups is 1. The zero-order valence-electron chi connectivity index (χ0n) is 16.4. The first-order chi connectivity index (χ1) is 13.7. The molecule has 0 saturated carbocycles. The second-order valence-electron chi connectivity index (χ2n) is 6.93. The SMILES string of the molecule is CC1=C(c2ccc(C)c(C)c2)S(=O)(=O)NC1=NCC(=O)NCc1cccc(F)c1. The van der Waals surface area contributed by atoms with Gasteiger partial charge in [0.2, 0.25) is 5.91 Å². The van der Waals surface area contributed by atoms with E-state index in [9.17, 15) is 17.6 Å². The van der Waals surface area contributed by atoms with E-state index >= 15 is 0 Å². The Balaban J connectivity index is 1.74. The maximum atomic E-state index is 13.2. The van der Waals surface area contributed by atoms with Crippen LogP contribution in [-0.4, -0.2) is 26.7 Å². The summed E-state index contributed by atoms with van der Waals surface area (Å²) in [5.74, 6) is -0.621. The Morgan fingerprint density at radius 2 is 1.86 bits per heavy atom. The number of aliphatic imine (C=N–C) groups is 1. The molecule has 0 aromatic heterocycles. The average molecular weight is 415 g/mol. The van der Waals surface area contributed by atoms with Crippen LogP contribution in [0.15, 0.2) is 53.0 Å². The predicted molar refractivity (Wildman–Crippen MR) is 111 cm³/mol. The number of aryl methyl sites for hydroxylation is 2.